The molecule has 0 saturated heterocycles. The Morgan fingerprint density at radius 3 is 2.38 bits per heavy atom. The highest BCUT2D eigenvalue weighted by atomic mass is 32.2. The zero-order valence-corrected chi connectivity index (χ0v) is 16.1. The minimum absolute atomic E-state index is 0.0127. The molecular formula is C19H22N2O4S. The molecule has 0 unspecified atom stereocenters. The molecule has 138 valence electrons. The molecule has 1 aliphatic rings. The number of methoxy groups -OCH3 is 1. The zero-order chi connectivity index (χ0) is 19.1. The molecule has 0 aliphatic carbocycles. The molecule has 0 fully saturated rings. The van der Waals surface area contributed by atoms with Gasteiger partial charge in [0.2, 0.25) is 5.91 Å². The fourth-order valence-electron chi connectivity index (χ4n) is 3.39. The van der Waals surface area contributed by atoms with Crippen LogP contribution in [-0.2, 0) is 21.2 Å². The molecule has 26 heavy (non-hydrogen) atoms. The zero-order valence-electron chi connectivity index (χ0n) is 15.3. The van der Waals surface area contributed by atoms with Gasteiger partial charge in [-0.1, -0.05) is 0 Å². The number of carbonyl (C=O) groups excluding carboxylic acids is 1. The number of benzene rings is 2. The Hall–Kier alpha value is -2.54. The second-order valence-electron chi connectivity index (χ2n) is 6.46. The van der Waals surface area contributed by atoms with E-state index in [-0.39, 0.29) is 10.8 Å². The molecule has 7 heteroatoms. The summed E-state index contributed by atoms with van der Waals surface area (Å²) in [5.74, 6) is 0.673. The third-order valence-electron chi connectivity index (χ3n) is 4.56. The van der Waals surface area contributed by atoms with Gasteiger partial charge in [0.05, 0.1) is 12.0 Å². The number of carbonyl (C=O) groups is 1. The molecule has 1 amide bonds. The van der Waals surface area contributed by atoms with E-state index < -0.39 is 10.0 Å². The topological polar surface area (TPSA) is 75.7 Å². The molecule has 2 aromatic carbocycles. The van der Waals surface area contributed by atoms with E-state index in [9.17, 15) is 13.2 Å². The lowest BCUT2D eigenvalue weighted by atomic mass is 10.1. The van der Waals surface area contributed by atoms with E-state index in [1.165, 1.54) is 6.92 Å². The first-order chi connectivity index (χ1) is 12.2. The summed E-state index contributed by atoms with van der Waals surface area (Å²) in [7, 11) is -2.15. The number of amides is 1. The van der Waals surface area contributed by atoms with Crippen molar-refractivity contribution >= 4 is 27.3 Å². The Bertz CT molecular complexity index is 960. The maximum atomic E-state index is 12.8. The average molecular weight is 374 g/mol. The predicted molar refractivity (Wildman–Crippen MR) is 101 cm³/mol. The van der Waals surface area contributed by atoms with Crippen molar-refractivity contribution in [3.05, 3.63) is 47.0 Å². The van der Waals surface area contributed by atoms with E-state index in [0.717, 1.165) is 22.4 Å². The number of aryl methyl sites for hydroxylation is 2. The van der Waals surface area contributed by atoms with Gasteiger partial charge in [0.25, 0.3) is 10.0 Å². The van der Waals surface area contributed by atoms with Crippen LogP contribution in [-0.4, -0.2) is 28.0 Å². The van der Waals surface area contributed by atoms with E-state index in [1.54, 1.807) is 42.3 Å². The monoisotopic (exact) mass is 374 g/mol. The number of hydrogen-bond acceptors (Lipinski definition) is 4. The van der Waals surface area contributed by atoms with Crippen LogP contribution in [0, 0.1) is 13.8 Å². The van der Waals surface area contributed by atoms with Gasteiger partial charge in [-0.3, -0.25) is 9.52 Å². The molecule has 0 bridgehead atoms. The van der Waals surface area contributed by atoms with Gasteiger partial charge < -0.3 is 9.64 Å². The highest BCUT2D eigenvalue weighted by Gasteiger charge is 2.23. The number of ether oxygens (including phenoxy) is 1. The van der Waals surface area contributed by atoms with Crippen molar-refractivity contribution in [1.29, 1.82) is 0 Å². The van der Waals surface area contributed by atoms with E-state index in [0.29, 0.717) is 24.4 Å². The quantitative estimate of drug-likeness (QED) is 0.893. The number of hydrogen-bond donors (Lipinski definition) is 1. The van der Waals surface area contributed by atoms with E-state index >= 15 is 0 Å². The Balaban J connectivity index is 1.91. The second-order valence-corrected chi connectivity index (χ2v) is 8.14. The Morgan fingerprint density at radius 2 is 1.81 bits per heavy atom. The average Bonchev–Trinajstić information content (AvgIpc) is 2.97. The summed E-state index contributed by atoms with van der Waals surface area (Å²) >= 11 is 0. The summed E-state index contributed by atoms with van der Waals surface area (Å²) in [6.07, 6.45) is 0.714. The van der Waals surface area contributed by atoms with Crippen LogP contribution in [0.1, 0.15) is 23.6 Å². The van der Waals surface area contributed by atoms with Gasteiger partial charge in [0, 0.05) is 24.8 Å². The van der Waals surface area contributed by atoms with Crippen LogP contribution in [0.3, 0.4) is 0 Å². The summed E-state index contributed by atoms with van der Waals surface area (Å²) in [4.78, 5) is 13.5. The highest BCUT2D eigenvalue weighted by molar-refractivity contribution is 7.92. The summed E-state index contributed by atoms with van der Waals surface area (Å²) in [6, 6.07) is 8.45. The van der Waals surface area contributed by atoms with Gasteiger partial charge in [0.1, 0.15) is 5.75 Å². The van der Waals surface area contributed by atoms with Crippen molar-refractivity contribution in [3.63, 3.8) is 0 Å². The lowest BCUT2D eigenvalue weighted by molar-refractivity contribution is -0.116. The SMILES string of the molecule is COc1c(C)cc(S(=O)(=O)Nc2ccc3c(c2)CCN3C(C)=O)cc1C. The molecular weight excluding hydrogens is 352 g/mol. The van der Waals surface area contributed by atoms with Gasteiger partial charge in [0.15, 0.2) is 0 Å². The summed E-state index contributed by atoms with van der Waals surface area (Å²) in [5, 5.41) is 0. The smallest absolute Gasteiger partial charge is 0.261 e. The van der Waals surface area contributed by atoms with Crippen LogP contribution in [0.25, 0.3) is 0 Å². The molecule has 1 aliphatic heterocycles. The molecule has 0 spiro atoms. The van der Waals surface area contributed by atoms with Crippen molar-refractivity contribution in [3.8, 4) is 5.75 Å². The summed E-state index contributed by atoms with van der Waals surface area (Å²) < 4.78 is 33.4. The summed E-state index contributed by atoms with van der Waals surface area (Å²) in [6.45, 7) is 5.78. The molecule has 0 radical (unpaired) electrons. The Labute approximate surface area is 153 Å². The minimum Gasteiger partial charge on any atom is -0.496 e. The lowest BCUT2D eigenvalue weighted by Crippen LogP contribution is -2.25. The maximum Gasteiger partial charge on any atom is 0.261 e. The number of sulfonamides is 1. The van der Waals surface area contributed by atoms with E-state index in [2.05, 4.69) is 4.72 Å². The number of fused-ring (bicyclic) bond motifs is 1. The fraction of sp³-hybridized carbons (Fsp3) is 0.316. The molecule has 6 nitrogen and oxygen atoms in total. The second kappa shape index (κ2) is 6.64. The third-order valence-corrected chi connectivity index (χ3v) is 5.92. The molecule has 0 saturated carbocycles. The van der Waals surface area contributed by atoms with E-state index in [4.69, 9.17) is 4.74 Å². The third kappa shape index (κ3) is 3.26. The molecule has 1 N–H and O–H groups in total. The molecule has 0 aromatic heterocycles. The van der Waals surface area contributed by atoms with Gasteiger partial charge in [-0.25, -0.2) is 8.42 Å². The van der Waals surface area contributed by atoms with Crippen LogP contribution < -0.4 is 14.4 Å². The standard InChI is InChI=1S/C19H22N2O4S/c1-12-9-17(10-13(2)19(12)25-4)26(23,24)20-16-5-6-18-15(11-16)7-8-21(18)14(3)22/h5-6,9-11,20H,7-8H2,1-4H3. The van der Waals surface area contributed by atoms with Crippen molar-refractivity contribution in [2.24, 2.45) is 0 Å². The normalized spacial score (nSPS) is 13.5. The first-order valence-electron chi connectivity index (χ1n) is 8.32. The number of anilines is 2. The number of nitrogens with one attached hydrogen (secondary N) is 1. The fourth-order valence-corrected chi connectivity index (χ4v) is 4.61. The highest BCUT2D eigenvalue weighted by Crippen LogP contribution is 2.32. The Kier molecular flexibility index (Phi) is 4.66. The summed E-state index contributed by atoms with van der Waals surface area (Å²) in [5.41, 5.74) is 3.82. The van der Waals surface area contributed by atoms with Crippen LogP contribution in [0.5, 0.6) is 5.75 Å². The number of rotatable bonds is 4. The van der Waals surface area contributed by atoms with Crippen molar-refractivity contribution in [1.82, 2.24) is 0 Å². The number of nitrogens with zero attached hydrogens (tertiary/aromatic N) is 1. The first-order valence-corrected chi connectivity index (χ1v) is 9.80. The van der Waals surface area contributed by atoms with Crippen LogP contribution in [0.4, 0.5) is 11.4 Å². The van der Waals surface area contributed by atoms with E-state index in [1.807, 2.05) is 13.8 Å². The van der Waals surface area contributed by atoms with Gasteiger partial charge in [-0.05, 0) is 67.3 Å². The van der Waals surface area contributed by atoms with Crippen LogP contribution in [0.2, 0.25) is 0 Å². The van der Waals surface area contributed by atoms with Gasteiger partial charge in [-0.2, -0.15) is 0 Å². The molecule has 2 aromatic rings. The molecule has 1 heterocycles. The first kappa shape index (κ1) is 18.3. The van der Waals surface area contributed by atoms with Crippen molar-refractivity contribution in [2.75, 3.05) is 23.3 Å². The van der Waals surface area contributed by atoms with Crippen LogP contribution in [0.15, 0.2) is 35.2 Å². The van der Waals surface area contributed by atoms with Gasteiger partial charge >= 0.3 is 0 Å². The minimum atomic E-state index is -3.72. The molecule has 3 rings (SSSR count). The lowest BCUT2D eigenvalue weighted by Gasteiger charge is -2.16. The Morgan fingerprint density at radius 1 is 1.15 bits per heavy atom. The van der Waals surface area contributed by atoms with Crippen LogP contribution >= 0.6 is 0 Å². The maximum absolute atomic E-state index is 12.8. The van der Waals surface area contributed by atoms with Gasteiger partial charge in [-0.15, -0.1) is 0 Å². The van der Waals surface area contributed by atoms with Crippen molar-refractivity contribution in [2.45, 2.75) is 32.1 Å². The largest absolute Gasteiger partial charge is 0.496 e. The predicted octanol–water partition coefficient (Wildman–Crippen LogP) is 3.02. The van der Waals surface area contributed by atoms with Crippen molar-refractivity contribution < 1.29 is 17.9 Å². The molecule has 0 atom stereocenters.